The van der Waals surface area contributed by atoms with Gasteiger partial charge in [-0.3, -0.25) is 4.79 Å². The molecule has 1 atom stereocenters. The minimum absolute atomic E-state index is 0.0282. The van der Waals surface area contributed by atoms with Crippen LogP contribution in [0, 0.1) is 11.6 Å². The zero-order chi connectivity index (χ0) is 23.1. The van der Waals surface area contributed by atoms with Crippen molar-refractivity contribution in [3.8, 4) is 0 Å². The average Bonchev–Trinajstić information content (AvgIpc) is 3.28. The summed E-state index contributed by atoms with van der Waals surface area (Å²) in [5.74, 6) is -0.0310. The number of anilines is 2. The van der Waals surface area contributed by atoms with Crippen molar-refractivity contribution in [2.24, 2.45) is 0 Å². The molecule has 8 nitrogen and oxygen atoms in total. The van der Waals surface area contributed by atoms with E-state index < -0.39 is 11.6 Å². The molecule has 4 heterocycles. The molecule has 0 saturated carbocycles. The minimum Gasteiger partial charge on any atom is -0.362 e. The Kier molecular flexibility index (Phi) is 5.27. The van der Waals surface area contributed by atoms with Gasteiger partial charge < -0.3 is 15.1 Å². The number of piperazine rings is 1. The van der Waals surface area contributed by atoms with Gasteiger partial charge in [0.25, 0.3) is 0 Å². The van der Waals surface area contributed by atoms with E-state index >= 15 is 0 Å². The van der Waals surface area contributed by atoms with Gasteiger partial charge in [0.1, 0.15) is 29.3 Å². The second-order valence-corrected chi connectivity index (χ2v) is 8.16. The van der Waals surface area contributed by atoms with E-state index in [-0.39, 0.29) is 22.9 Å². The molecule has 1 amide bonds. The maximum Gasteiger partial charge on any atom is 0.219 e. The predicted molar refractivity (Wildman–Crippen MR) is 121 cm³/mol. The molecule has 0 radical (unpaired) electrons. The van der Waals surface area contributed by atoms with Gasteiger partial charge in [0.05, 0.1) is 11.6 Å². The third kappa shape index (κ3) is 3.92. The standard InChI is InChI=1S/C23H23F2N7O/c1-14(28-22-21-4-3-5-32(21)27-13-26-22)17-12-18-19(25)10-16(24)11-20(18)29-23(17)31-8-6-30(7-9-31)15(2)33/h3-5,10-14H,6-9H2,1-2H3,(H,26,27,28)/t14-/m0/s1. The molecule has 0 unspecified atom stereocenters. The molecule has 1 saturated heterocycles. The van der Waals surface area contributed by atoms with Crippen molar-refractivity contribution in [1.29, 1.82) is 0 Å². The number of rotatable bonds is 4. The first-order chi connectivity index (χ1) is 15.9. The molecule has 5 rings (SSSR count). The number of hydrogen-bond acceptors (Lipinski definition) is 6. The van der Waals surface area contributed by atoms with E-state index in [4.69, 9.17) is 0 Å². The smallest absolute Gasteiger partial charge is 0.219 e. The first-order valence-electron chi connectivity index (χ1n) is 10.8. The Bertz CT molecular complexity index is 1350. The quantitative estimate of drug-likeness (QED) is 0.513. The highest BCUT2D eigenvalue weighted by molar-refractivity contribution is 5.83. The molecule has 170 valence electrons. The van der Waals surface area contributed by atoms with Crippen LogP contribution in [0.3, 0.4) is 0 Å². The minimum atomic E-state index is -0.671. The monoisotopic (exact) mass is 451 g/mol. The normalized spacial score (nSPS) is 15.3. The summed E-state index contributed by atoms with van der Waals surface area (Å²) < 4.78 is 30.2. The summed E-state index contributed by atoms with van der Waals surface area (Å²) in [6.45, 7) is 5.77. The van der Waals surface area contributed by atoms with E-state index in [2.05, 4.69) is 25.3 Å². The molecule has 3 aromatic heterocycles. The van der Waals surface area contributed by atoms with E-state index in [0.29, 0.717) is 37.8 Å². The Morgan fingerprint density at radius 3 is 2.70 bits per heavy atom. The van der Waals surface area contributed by atoms with Crippen LogP contribution in [-0.4, -0.2) is 56.6 Å². The lowest BCUT2D eigenvalue weighted by atomic mass is 10.0. The van der Waals surface area contributed by atoms with E-state index in [9.17, 15) is 13.6 Å². The third-order valence-electron chi connectivity index (χ3n) is 6.03. The Hall–Kier alpha value is -3.82. The number of pyridine rings is 1. The lowest BCUT2D eigenvalue weighted by molar-refractivity contribution is -0.129. The first kappa shape index (κ1) is 21.0. The summed E-state index contributed by atoms with van der Waals surface area (Å²) in [6.07, 6.45) is 3.29. The van der Waals surface area contributed by atoms with E-state index in [1.54, 1.807) is 22.4 Å². The number of fused-ring (bicyclic) bond motifs is 2. The highest BCUT2D eigenvalue weighted by atomic mass is 19.1. The molecule has 0 spiro atoms. The third-order valence-corrected chi connectivity index (χ3v) is 6.03. The van der Waals surface area contributed by atoms with Crippen molar-refractivity contribution in [3.63, 3.8) is 0 Å². The van der Waals surface area contributed by atoms with Crippen molar-refractivity contribution in [2.75, 3.05) is 36.4 Å². The van der Waals surface area contributed by atoms with E-state index in [1.807, 2.05) is 25.3 Å². The molecular weight excluding hydrogens is 428 g/mol. The van der Waals surface area contributed by atoms with Gasteiger partial charge in [0, 0.05) is 62.4 Å². The van der Waals surface area contributed by atoms with Crippen LogP contribution in [0.2, 0.25) is 0 Å². The molecule has 1 aromatic carbocycles. The van der Waals surface area contributed by atoms with Crippen LogP contribution in [0.4, 0.5) is 20.4 Å². The van der Waals surface area contributed by atoms with Crippen molar-refractivity contribution < 1.29 is 13.6 Å². The lowest BCUT2D eigenvalue weighted by Gasteiger charge is -2.36. The number of carbonyl (C=O) groups is 1. The molecule has 10 heteroatoms. The molecule has 1 fully saturated rings. The first-order valence-corrected chi connectivity index (χ1v) is 10.8. The van der Waals surface area contributed by atoms with Gasteiger partial charge in [-0.1, -0.05) is 0 Å². The molecule has 0 aliphatic carbocycles. The second-order valence-electron chi connectivity index (χ2n) is 8.16. The van der Waals surface area contributed by atoms with E-state index in [1.165, 1.54) is 12.4 Å². The summed E-state index contributed by atoms with van der Waals surface area (Å²) in [5, 5.41) is 7.82. The number of benzene rings is 1. The van der Waals surface area contributed by atoms with Crippen LogP contribution in [0.5, 0.6) is 0 Å². The van der Waals surface area contributed by atoms with Gasteiger partial charge in [0.15, 0.2) is 5.82 Å². The number of halogens is 2. The van der Waals surface area contributed by atoms with Crippen molar-refractivity contribution >= 4 is 34.0 Å². The molecule has 0 bridgehead atoms. The number of hydrogen-bond donors (Lipinski definition) is 1. The summed E-state index contributed by atoms with van der Waals surface area (Å²) in [5.41, 5.74) is 1.82. The van der Waals surface area contributed by atoms with Crippen molar-refractivity contribution in [1.82, 2.24) is 24.5 Å². The Labute approximate surface area is 188 Å². The van der Waals surface area contributed by atoms with Crippen LogP contribution in [-0.2, 0) is 4.79 Å². The molecule has 4 aromatic rings. The number of aromatic nitrogens is 4. The number of carbonyl (C=O) groups excluding carboxylic acids is 1. The SMILES string of the molecule is CC(=O)N1CCN(c2nc3cc(F)cc(F)c3cc2[C@H](C)Nc2ncnn3cccc23)CC1. The van der Waals surface area contributed by atoms with Crippen molar-refractivity contribution in [2.45, 2.75) is 19.9 Å². The summed E-state index contributed by atoms with van der Waals surface area (Å²) >= 11 is 0. The second kappa shape index (κ2) is 8.27. The predicted octanol–water partition coefficient (Wildman–Crippen LogP) is 3.40. The zero-order valence-corrected chi connectivity index (χ0v) is 18.3. The fourth-order valence-corrected chi connectivity index (χ4v) is 4.27. The van der Waals surface area contributed by atoms with Crippen LogP contribution in [0.1, 0.15) is 25.5 Å². The van der Waals surface area contributed by atoms with Gasteiger partial charge in [0.2, 0.25) is 5.91 Å². The maximum absolute atomic E-state index is 14.6. The lowest BCUT2D eigenvalue weighted by Crippen LogP contribution is -2.48. The summed E-state index contributed by atoms with van der Waals surface area (Å²) in [7, 11) is 0. The molecule has 33 heavy (non-hydrogen) atoms. The topological polar surface area (TPSA) is 78.7 Å². The van der Waals surface area contributed by atoms with Crippen LogP contribution < -0.4 is 10.2 Å². The fraction of sp³-hybridized carbons (Fsp3) is 0.304. The molecule has 1 aliphatic rings. The average molecular weight is 451 g/mol. The Balaban J connectivity index is 1.56. The Morgan fingerprint density at radius 2 is 1.94 bits per heavy atom. The summed E-state index contributed by atoms with van der Waals surface area (Å²) in [6, 6.07) is 7.31. The molecular formula is C23H23F2N7O. The van der Waals surface area contributed by atoms with Crippen LogP contribution in [0.15, 0.2) is 42.9 Å². The Morgan fingerprint density at radius 1 is 1.15 bits per heavy atom. The number of nitrogens with one attached hydrogen (secondary N) is 1. The van der Waals surface area contributed by atoms with Gasteiger partial charge in [-0.2, -0.15) is 5.10 Å². The van der Waals surface area contributed by atoms with Gasteiger partial charge in [-0.25, -0.2) is 23.3 Å². The van der Waals surface area contributed by atoms with Gasteiger partial charge in [-0.05, 0) is 25.1 Å². The van der Waals surface area contributed by atoms with Crippen LogP contribution in [0.25, 0.3) is 16.4 Å². The van der Waals surface area contributed by atoms with Gasteiger partial charge in [-0.15, -0.1) is 0 Å². The van der Waals surface area contributed by atoms with E-state index in [0.717, 1.165) is 17.1 Å². The number of nitrogens with zero attached hydrogens (tertiary/aromatic N) is 6. The maximum atomic E-state index is 14.6. The zero-order valence-electron chi connectivity index (χ0n) is 18.3. The highest BCUT2D eigenvalue weighted by Gasteiger charge is 2.25. The highest BCUT2D eigenvalue weighted by Crippen LogP contribution is 2.33. The number of amides is 1. The fourth-order valence-electron chi connectivity index (χ4n) is 4.27. The van der Waals surface area contributed by atoms with Crippen LogP contribution >= 0.6 is 0 Å². The summed E-state index contributed by atoms with van der Waals surface area (Å²) in [4.78, 5) is 24.6. The molecule has 1 N–H and O–H groups in total. The largest absolute Gasteiger partial charge is 0.362 e. The molecule has 1 aliphatic heterocycles. The van der Waals surface area contributed by atoms with Crippen molar-refractivity contribution in [3.05, 3.63) is 60.1 Å². The van der Waals surface area contributed by atoms with Gasteiger partial charge >= 0.3 is 0 Å².